The van der Waals surface area contributed by atoms with Crippen molar-refractivity contribution in [2.45, 2.75) is 137 Å². The molecule has 4 aliphatic carbocycles. The van der Waals surface area contributed by atoms with Crippen molar-refractivity contribution in [1.82, 2.24) is 15.2 Å². The molecule has 2 aromatic rings. The van der Waals surface area contributed by atoms with Gasteiger partial charge in [-0.05, 0) is 151 Å². The molecule has 1 aromatic carbocycles. The van der Waals surface area contributed by atoms with Crippen molar-refractivity contribution >= 4 is 46.2 Å². The Kier molecular flexibility index (Phi) is 12.9. The van der Waals surface area contributed by atoms with Crippen LogP contribution in [0.15, 0.2) is 30.5 Å². The first-order chi connectivity index (χ1) is 26.4. The first kappa shape index (κ1) is 42.5. The summed E-state index contributed by atoms with van der Waals surface area (Å²) in [7, 11) is 2.19. The van der Waals surface area contributed by atoms with Crippen LogP contribution in [0.25, 0.3) is 10.9 Å². The van der Waals surface area contributed by atoms with E-state index < -0.39 is 5.60 Å². The molecule has 0 aliphatic heterocycles. The van der Waals surface area contributed by atoms with E-state index in [1.54, 1.807) is 6.92 Å². The standard InChI is InChI=1S/C45H67ClN4O6/c1-27(11-10-21-50(9)22-20-48-37-17-19-47-38-25-31(46)12-13-33(37)38)34-14-15-35-41-36(26-40(45(34,35)8)55-29(3)52)44(7)18-16-32(49-42(53)56-43(4,5)6)23-30(44)24-39(41)54-28(2)51/h12-13,17,19,25,27,30,32,34-36,39-41H,10-11,14-16,18,20-24,26H2,1-9H3,(H,47,48)(H,49,53)/t27-,30+,32-,34-,35+,36+,39-,40+,41+,44+,45-/m1/s1. The Bertz CT molecular complexity index is 1730. The maximum Gasteiger partial charge on any atom is 0.407 e. The van der Waals surface area contributed by atoms with E-state index in [0.717, 1.165) is 94.0 Å². The zero-order valence-electron chi connectivity index (χ0n) is 35.3. The van der Waals surface area contributed by atoms with Crippen LogP contribution in [-0.2, 0) is 23.8 Å². The summed E-state index contributed by atoms with van der Waals surface area (Å²) in [5.41, 5.74) is 1.16. The minimum absolute atomic E-state index is 0.00410. The number of hydrogen-bond acceptors (Lipinski definition) is 9. The molecule has 4 fully saturated rings. The summed E-state index contributed by atoms with van der Waals surface area (Å²) in [5.74, 6) is 1.39. The van der Waals surface area contributed by atoms with Crippen LogP contribution in [-0.4, -0.2) is 78.4 Å². The van der Waals surface area contributed by atoms with Crippen molar-refractivity contribution in [3.63, 3.8) is 0 Å². The third-order valence-electron chi connectivity index (χ3n) is 14.6. The van der Waals surface area contributed by atoms with Gasteiger partial charge in [0, 0.05) is 66.6 Å². The van der Waals surface area contributed by atoms with E-state index in [0.29, 0.717) is 16.9 Å². The molecule has 0 unspecified atom stereocenters. The fraction of sp³-hybridized carbons (Fsp3) is 0.733. The van der Waals surface area contributed by atoms with Crippen LogP contribution in [0.2, 0.25) is 5.02 Å². The second-order valence-electron chi connectivity index (χ2n) is 19.2. The summed E-state index contributed by atoms with van der Waals surface area (Å²) in [5, 5.41) is 8.50. The maximum absolute atomic E-state index is 12.8. The van der Waals surface area contributed by atoms with Gasteiger partial charge in [0.1, 0.15) is 17.8 Å². The van der Waals surface area contributed by atoms with Crippen LogP contribution >= 0.6 is 11.6 Å². The highest BCUT2D eigenvalue weighted by Crippen LogP contribution is 2.69. The Labute approximate surface area is 339 Å². The summed E-state index contributed by atoms with van der Waals surface area (Å²) in [4.78, 5) is 45.2. The second-order valence-corrected chi connectivity index (χ2v) is 19.7. The molecular weight excluding hydrogens is 728 g/mol. The number of amides is 1. The van der Waals surface area contributed by atoms with Crippen molar-refractivity contribution in [2.75, 3.05) is 32.0 Å². The lowest BCUT2D eigenvalue weighted by Crippen LogP contribution is -2.64. The fourth-order valence-electron chi connectivity index (χ4n) is 12.1. The summed E-state index contributed by atoms with van der Waals surface area (Å²) in [6, 6.07) is 7.84. The number of esters is 2. The van der Waals surface area contributed by atoms with Crippen LogP contribution in [0.5, 0.6) is 0 Å². The van der Waals surface area contributed by atoms with E-state index in [4.69, 9.17) is 25.8 Å². The van der Waals surface area contributed by atoms with E-state index in [-0.39, 0.29) is 70.8 Å². The quantitative estimate of drug-likeness (QED) is 0.160. The van der Waals surface area contributed by atoms with E-state index >= 15 is 0 Å². The topological polar surface area (TPSA) is 119 Å². The van der Waals surface area contributed by atoms with Crippen LogP contribution in [0.4, 0.5) is 10.5 Å². The van der Waals surface area contributed by atoms with Crippen LogP contribution in [0, 0.1) is 46.3 Å². The van der Waals surface area contributed by atoms with Crippen molar-refractivity contribution < 1.29 is 28.6 Å². The largest absolute Gasteiger partial charge is 0.462 e. The van der Waals surface area contributed by atoms with Crippen LogP contribution in [0.3, 0.4) is 0 Å². The minimum Gasteiger partial charge on any atom is -0.462 e. The number of anilines is 1. The second kappa shape index (κ2) is 17.0. The molecule has 4 aliphatic rings. The number of pyridine rings is 1. The number of carbonyl (C=O) groups excluding carboxylic acids is 3. The Morgan fingerprint density at radius 1 is 1.00 bits per heavy atom. The first-order valence-electron chi connectivity index (χ1n) is 21.2. The van der Waals surface area contributed by atoms with Gasteiger partial charge >= 0.3 is 18.0 Å². The first-order valence-corrected chi connectivity index (χ1v) is 21.6. The van der Waals surface area contributed by atoms with Crippen molar-refractivity contribution in [3.8, 4) is 0 Å². The van der Waals surface area contributed by atoms with E-state index in [1.165, 1.54) is 6.92 Å². The van der Waals surface area contributed by atoms with E-state index in [9.17, 15) is 14.4 Å². The van der Waals surface area contributed by atoms with Gasteiger partial charge in [-0.25, -0.2) is 4.79 Å². The number of carbonyl (C=O) groups is 3. The molecule has 10 nitrogen and oxygen atoms in total. The fourth-order valence-corrected chi connectivity index (χ4v) is 12.2. The Morgan fingerprint density at radius 3 is 2.46 bits per heavy atom. The summed E-state index contributed by atoms with van der Waals surface area (Å²) >= 11 is 6.19. The molecule has 56 heavy (non-hydrogen) atoms. The zero-order chi connectivity index (χ0) is 40.6. The van der Waals surface area contributed by atoms with E-state index in [2.05, 4.69) is 48.3 Å². The maximum atomic E-state index is 12.8. The zero-order valence-corrected chi connectivity index (χ0v) is 36.0. The molecule has 0 radical (unpaired) electrons. The van der Waals surface area contributed by atoms with Gasteiger partial charge in [0.2, 0.25) is 0 Å². The molecule has 0 bridgehead atoms. The number of alkyl carbamates (subject to hydrolysis) is 1. The van der Waals surface area contributed by atoms with Crippen molar-refractivity contribution in [1.29, 1.82) is 0 Å². The molecule has 0 spiro atoms. The molecule has 1 amide bonds. The number of rotatable bonds is 12. The lowest BCUT2D eigenvalue weighted by molar-refractivity contribution is -0.220. The average Bonchev–Trinajstić information content (AvgIpc) is 3.46. The van der Waals surface area contributed by atoms with Crippen LogP contribution in [0.1, 0.15) is 113 Å². The molecule has 1 aromatic heterocycles. The molecule has 2 N–H and O–H groups in total. The number of nitrogens with one attached hydrogen (secondary N) is 2. The predicted octanol–water partition coefficient (Wildman–Crippen LogP) is 9.28. The number of nitrogens with zero attached hydrogens (tertiary/aromatic N) is 2. The molecule has 6 rings (SSSR count). The lowest BCUT2D eigenvalue weighted by Gasteiger charge is -2.64. The highest BCUT2D eigenvalue weighted by atomic mass is 35.5. The van der Waals surface area contributed by atoms with Crippen molar-refractivity contribution in [3.05, 3.63) is 35.5 Å². The number of benzene rings is 1. The van der Waals surface area contributed by atoms with Gasteiger partial charge in [-0.15, -0.1) is 0 Å². The Hall–Kier alpha value is -3.11. The number of aromatic nitrogens is 1. The highest BCUT2D eigenvalue weighted by Gasteiger charge is 2.67. The molecular formula is C45H67ClN4O6. The predicted molar refractivity (Wildman–Crippen MR) is 221 cm³/mol. The molecule has 1 heterocycles. The molecule has 0 saturated heterocycles. The lowest BCUT2D eigenvalue weighted by atomic mass is 9.43. The van der Waals surface area contributed by atoms with Crippen LogP contribution < -0.4 is 10.6 Å². The highest BCUT2D eigenvalue weighted by molar-refractivity contribution is 6.31. The number of halogens is 1. The SMILES string of the molecule is CC(=O)O[C@H]1C[C@H]2[C@@H]([C@H](OC(C)=O)C[C@@H]3C[C@H](NC(=O)OC(C)(C)C)CC[C@@]32C)[C@@H]2CC[C@H]([C@H](C)CCCN(C)CCNc3ccnc4cc(Cl)ccc34)[C@@]12C. The number of fused-ring (bicyclic) bond motifs is 6. The van der Waals surface area contributed by atoms with Gasteiger partial charge in [-0.3, -0.25) is 14.6 Å². The molecule has 11 atom stereocenters. The number of ether oxygens (including phenoxy) is 3. The number of hydrogen-bond donors (Lipinski definition) is 2. The summed E-state index contributed by atoms with van der Waals surface area (Å²) in [6.07, 6.45) is 9.59. The third-order valence-corrected chi connectivity index (χ3v) is 14.8. The van der Waals surface area contributed by atoms with Gasteiger partial charge in [0.15, 0.2) is 0 Å². The van der Waals surface area contributed by atoms with Gasteiger partial charge in [-0.2, -0.15) is 0 Å². The van der Waals surface area contributed by atoms with E-state index in [1.807, 2.05) is 51.2 Å². The average molecular weight is 796 g/mol. The van der Waals surface area contributed by atoms with Gasteiger partial charge in [0.25, 0.3) is 0 Å². The Morgan fingerprint density at radius 2 is 1.75 bits per heavy atom. The van der Waals surface area contributed by atoms with Crippen molar-refractivity contribution in [2.24, 2.45) is 46.3 Å². The minimum atomic E-state index is -0.565. The van der Waals surface area contributed by atoms with Gasteiger partial charge in [0.05, 0.1) is 5.52 Å². The van der Waals surface area contributed by atoms with Gasteiger partial charge < -0.3 is 29.7 Å². The monoisotopic (exact) mass is 794 g/mol. The molecule has 11 heteroatoms. The smallest absolute Gasteiger partial charge is 0.407 e. The Balaban J connectivity index is 1.11. The normalized spacial score (nSPS) is 33.1. The number of likely N-dealkylation sites (N-methyl/N-ethyl adjacent to an activating group) is 1. The van der Waals surface area contributed by atoms with Gasteiger partial charge in [-0.1, -0.05) is 32.4 Å². The summed E-state index contributed by atoms with van der Waals surface area (Å²) < 4.78 is 18.3. The molecule has 4 saturated carbocycles. The summed E-state index contributed by atoms with van der Waals surface area (Å²) in [6.45, 7) is 18.7. The molecule has 310 valence electrons. The third kappa shape index (κ3) is 9.11.